The minimum Gasteiger partial charge on any atom is -0.397 e. The van der Waals surface area contributed by atoms with Gasteiger partial charge < -0.3 is 21.3 Å². The Hall–Kier alpha value is -2.71. The predicted molar refractivity (Wildman–Crippen MR) is 121 cm³/mol. The zero-order valence-corrected chi connectivity index (χ0v) is 17.9. The van der Waals surface area contributed by atoms with Crippen LogP contribution in [0.15, 0.2) is 24.3 Å². The van der Waals surface area contributed by atoms with Gasteiger partial charge in [0, 0.05) is 49.0 Å². The Bertz CT molecular complexity index is 1100. The highest BCUT2D eigenvalue weighted by atomic mass is 32.1. The number of nitrogens with two attached hydrogens (primary N) is 1. The van der Waals surface area contributed by atoms with Crippen LogP contribution in [0.25, 0.3) is 10.2 Å². The van der Waals surface area contributed by atoms with Gasteiger partial charge in [-0.1, -0.05) is 6.07 Å². The Labute approximate surface area is 179 Å². The second-order valence-corrected chi connectivity index (χ2v) is 9.07. The van der Waals surface area contributed by atoms with E-state index in [0.717, 1.165) is 72.9 Å². The first kappa shape index (κ1) is 19.3. The maximum absolute atomic E-state index is 12.9. The number of anilines is 2. The molecule has 0 radical (unpaired) electrons. The van der Waals surface area contributed by atoms with Crippen molar-refractivity contribution in [3.05, 3.63) is 46.1 Å². The zero-order valence-electron chi connectivity index (χ0n) is 17.1. The smallest absolute Gasteiger partial charge is 0.263 e. The van der Waals surface area contributed by atoms with Crippen LogP contribution in [-0.2, 0) is 12.8 Å². The molecule has 3 aromatic rings. The third-order valence-electron chi connectivity index (χ3n) is 5.97. The number of nitrogens with one attached hydrogen (secondary N) is 2. The monoisotopic (exact) mass is 422 g/mol. The van der Waals surface area contributed by atoms with Crippen molar-refractivity contribution in [2.75, 3.05) is 36.8 Å². The van der Waals surface area contributed by atoms with Crippen molar-refractivity contribution < 1.29 is 4.79 Å². The van der Waals surface area contributed by atoms with Gasteiger partial charge in [0.25, 0.3) is 5.91 Å². The molecular weight excluding hydrogens is 396 g/mol. The summed E-state index contributed by atoms with van der Waals surface area (Å²) in [7, 11) is 0. The lowest BCUT2D eigenvalue weighted by Crippen LogP contribution is -2.44. The van der Waals surface area contributed by atoms with E-state index in [2.05, 4.69) is 32.7 Å². The van der Waals surface area contributed by atoms with Gasteiger partial charge in [0.15, 0.2) is 0 Å². The minimum absolute atomic E-state index is 0.0937. The number of hydrogen-bond donors (Lipinski definition) is 3. The lowest BCUT2D eigenvalue weighted by Gasteiger charge is -2.30. The summed E-state index contributed by atoms with van der Waals surface area (Å²) in [6.45, 7) is 5.94. The fraction of sp³-hybridized carbons (Fsp3) is 0.409. The highest BCUT2D eigenvalue weighted by Crippen LogP contribution is 2.33. The summed E-state index contributed by atoms with van der Waals surface area (Å²) in [6, 6.07) is 8.26. The number of carbonyl (C=O) groups is 1. The number of aryl methyl sites for hydroxylation is 2. The van der Waals surface area contributed by atoms with Gasteiger partial charge >= 0.3 is 0 Å². The molecule has 30 heavy (non-hydrogen) atoms. The normalized spacial score (nSPS) is 19.0. The summed E-state index contributed by atoms with van der Waals surface area (Å²) >= 11 is 1.37. The number of pyridine rings is 2. The minimum atomic E-state index is -0.105. The molecule has 156 valence electrons. The first-order valence-corrected chi connectivity index (χ1v) is 11.3. The van der Waals surface area contributed by atoms with Gasteiger partial charge in [-0.05, 0) is 49.9 Å². The molecule has 1 aliphatic heterocycles. The van der Waals surface area contributed by atoms with Crippen LogP contribution in [0.5, 0.6) is 0 Å². The first-order chi connectivity index (χ1) is 14.6. The van der Waals surface area contributed by atoms with Gasteiger partial charge in [-0.15, -0.1) is 11.3 Å². The zero-order chi connectivity index (χ0) is 20.7. The standard InChI is InChI=1S/C22H26N6OS/c1-13-2-5-16-19(23)20(30-22(16)25-13)21(29)26-15-4-6-17-14(12-15)3-7-18(27-17)28-10-8-24-9-11-28/h2-3,5,7,15,24H,4,6,8-12,23H2,1H3,(H,26,29)/t15-/m1/s1. The van der Waals surface area contributed by atoms with E-state index in [1.54, 1.807) is 0 Å². The quantitative estimate of drug-likeness (QED) is 0.599. The number of fused-ring (bicyclic) bond motifs is 2. The van der Waals surface area contributed by atoms with Crippen molar-refractivity contribution in [3.8, 4) is 0 Å². The van der Waals surface area contributed by atoms with Crippen molar-refractivity contribution in [2.24, 2.45) is 0 Å². The van der Waals surface area contributed by atoms with Crippen LogP contribution in [0.2, 0.25) is 0 Å². The molecule has 1 saturated heterocycles. The molecule has 0 saturated carbocycles. The maximum atomic E-state index is 12.9. The first-order valence-electron chi connectivity index (χ1n) is 10.5. The third-order valence-corrected chi connectivity index (χ3v) is 7.08. The van der Waals surface area contributed by atoms with Crippen LogP contribution in [0.1, 0.15) is 33.0 Å². The number of amides is 1. The summed E-state index contributed by atoms with van der Waals surface area (Å²) in [4.78, 5) is 26.1. The van der Waals surface area contributed by atoms with Crippen LogP contribution in [0, 0.1) is 6.92 Å². The topological polar surface area (TPSA) is 96.2 Å². The second-order valence-electron chi connectivity index (χ2n) is 8.08. The average Bonchev–Trinajstić information content (AvgIpc) is 3.09. The van der Waals surface area contributed by atoms with E-state index in [-0.39, 0.29) is 11.9 Å². The van der Waals surface area contributed by atoms with Crippen LogP contribution in [0.3, 0.4) is 0 Å². The summed E-state index contributed by atoms with van der Waals surface area (Å²) in [5, 5.41) is 7.42. The van der Waals surface area contributed by atoms with E-state index >= 15 is 0 Å². The molecular formula is C22H26N6OS. The number of carbonyl (C=O) groups excluding carboxylic acids is 1. The Morgan fingerprint density at radius 3 is 2.90 bits per heavy atom. The molecule has 8 heteroatoms. The lowest BCUT2D eigenvalue weighted by atomic mass is 9.91. The van der Waals surface area contributed by atoms with E-state index in [9.17, 15) is 4.79 Å². The van der Waals surface area contributed by atoms with Gasteiger partial charge in [-0.2, -0.15) is 0 Å². The molecule has 0 unspecified atom stereocenters. The molecule has 3 aromatic heterocycles. The third kappa shape index (κ3) is 3.61. The van der Waals surface area contributed by atoms with Crippen molar-refractivity contribution in [3.63, 3.8) is 0 Å². The van der Waals surface area contributed by atoms with E-state index < -0.39 is 0 Å². The second kappa shape index (κ2) is 7.85. The molecule has 0 aromatic carbocycles. The number of nitrogens with zero attached hydrogens (tertiary/aromatic N) is 3. The maximum Gasteiger partial charge on any atom is 0.263 e. The molecule has 0 bridgehead atoms. The van der Waals surface area contributed by atoms with E-state index in [1.807, 2.05) is 19.1 Å². The average molecular weight is 423 g/mol. The van der Waals surface area contributed by atoms with Gasteiger partial charge in [-0.3, -0.25) is 4.79 Å². The van der Waals surface area contributed by atoms with E-state index in [4.69, 9.17) is 10.7 Å². The number of rotatable bonds is 3. The Morgan fingerprint density at radius 2 is 2.07 bits per heavy atom. The molecule has 0 spiro atoms. The summed E-state index contributed by atoms with van der Waals surface area (Å²) in [5.41, 5.74) is 10.1. The van der Waals surface area contributed by atoms with Gasteiger partial charge in [-0.25, -0.2) is 9.97 Å². The fourth-order valence-corrected chi connectivity index (χ4v) is 5.34. The highest BCUT2D eigenvalue weighted by Gasteiger charge is 2.25. The Morgan fingerprint density at radius 1 is 1.23 bits per heavy atom. The molecule has 2 aliphatic rings. The number of hydrogen-bond acceptors (Lipinski definition) is 7. The van der Waals surface area contributed by atoms with E-state index in [1.165, 1.54) is 16.9 Å². The largest absolute Gasteiger partial charge is 0.397 e. The molecule has 7 nitrogen and oxygen atoms in total. The predicted octanol–water partition coefficient (Wildman–Crippen LogP) is 2.28. The summed E-state index contributed by atoms with van der Waals surface area (Å²) in [5.74, 6) is 0.963. The molecule has 1 atom stereocenters. The van der Waals surface area contributed by atoms with Gasteiger partial charge in [0.2, 0.25) is 0 Å². The number of thiophene rings is 1. The molecule has 4 N–H and O–H groups in total. The number of piperazine rings is 1. The molecule has 1 fully saturated rings. The number of nitrogen functional groups attached to an aromatic ring is 1. The Balaban J connectivity index is 1.29. The van der Waals surface area contributed by atoms with Crippen molar-refractivity contribution >= 4 is 39.0 Å². The molecule has 1 amide bonds. The van der Waals surface area contributed by atoms with Crippen LogP contribution < -0.4 is 21.3 Å². The molecule has 1 aliphatic carbocycles. The van der Waals surface area contributed by atoms with Crippen LogP contribution >= 0.6 is 11.3 Å². The van der Waals surface area contributed by atoms with Crippen molar-refractivity contribution in [2.45, 2.75) is 32.2 Å². The summed E-state index contributed by atoms with van der Waals surface area (Å²) in [6.07, 6.45) is 2.57. The van der Waals surface area contributed by atoms with Gasteiger partial charge in [0.1, 0.15) is 15.5 Å². The highest BCUT2D eigenvalue weighted by molar-refractivity contribution is 7.21. The Kier molecular flexibility index (Phi) is 5.04. The fourth-order valence-electron chi connectivity index (χ4n) is 4.30. The van der Waals surface area contributed by atoms with Crippen LogP contribution in [0.4, 0.5) is 11.5 Å². The SMILES string of the molecule is Cc1ccc2c(N)c(C(=O)N[C@@H]3CCc4nc(N5CCNCC5)ccc4C3)sc2n1. The lowest BCUT2D eigenvalue weighted by molar-refractivity contribution is 0.0938. The van der Waals surface area contributed by atoms with E-state index in [0.29, 0.717) is 10.6 Å². The molecule has 5 rings (SSSR count). The van der Waals surface area contributed by atoms with Gasteiger partial charge in [0.05, 0.1) is 5.69 Å². The van der Waals surface area contributed by atoms with Crippen molar-refractivity contribution in [1.29, 1.82) is 0 Å². The molecule has 4 heterocycles. The summed E-state index contributed by atoms with van der Waals surface area (Å²) < 4.78 is 0. The number of aromatic nitrogens is 2. The van der Waals surface area contributed by atoms with Crippen LogP contribution in [-0.4, -0.2) is 48.1 Å². The van der Waals surface area contributed by atoms with Crippen molar-refractivity contribution in [1.82, 2.24) is 20.6 Å².